The minimum absolute atomic E-state index is 0.208. The van der Waals surface area contributed by atoms with Gasteiger partial charge in [-0.05, 0) is 39.2 Å². The monoisotopic (exact) mass is 552 g/mol. The Morgan fingerprint density at radius 2 is 1.53 bits per heavy atom. The highest BCUT2D eigenvalue weighted by Gasteiger charge is 2.50. The van der Waals surface area contributed by atoms with Gasteiger partial charge in [-0.1, -0.05) is 30.3 Å². The molecule has 0 aliphatic heterocycles. The Kier molecular flexibility index (Phi) is 8.23. The molecule has 0 spiro atoms. The zero-order chi connectivity index (χ0) is 22.7. The zero-order valence-corrected chi connectivity index (χ0v) is 19.0. The summed E-state index contributed by atoms with van der Waals surface area (Å²) < 4.78 is 79.0. The summed E-state index contributed by atoms with van der Waals surface area (Å²) in [5, 5.41) is 0. The molecule has 0 heterocycles. The fraction of sp³-hybridized carbons (Fsp3) is 0.250. The van der Waals surface area contributed by atoms with Crippen LogP contribution < -0.4 is 4.52 Å². The van der Waals surface area contributed by atoms with Gasteiger partial charge < -0.3 is 19.2 Å². The van der Waals surface area contributed by atoms with Crippen molar-refractivity contribution in [3.8, 4) is 5.75 Å². The highest BCUT2D eigenvalue weighted by Crippen LogP contribution is 2.59. The minimum Gasteiger partial charge on any atom is -0.420 e. The van der Waals surface area contributed by atoms with Crippen molar-refractivity contribution in [3.05, 3.63) is 63.6 Å². The quantitative estimate of drug-likeness (QED) is 0.263. The first-order chi connectivity index (χ1) is 13.7. The number of benzene rings is 2. The van der Waals surface area contributed by atoms with Crippen LogP contribution in [0, 0.1) is 0 Å². The van der Waals surface area contributed by atoms with E-state index in [2.05, 4.69) is 20.5 Å². The van der Waals surface area contributed by atoms with Crippen LogP contribution in [-0.4, -0.2) is 20.8 Å². The van der Waals surface area contributed by atoms with Gasteiger partial charge in [-0.15, -0.1) is 0 Å². The second-order valence-corrected chi connectivity index (χ2v) is 11.2. The third-order valence-electron chi connectivity index (χ3n) is 3.68. The number of rotatable bonds is 9. The second kappa shape index (κ2) is 9.73. The van der Waals surface area contributed by atoms with E-state index in [0.29, 0.717) is 17.1 Å². The maximum atomic E-state index is 13.6. The van der Waals surface area contributed by atoms with Crippen LogP contribution in [0.1, 0.15) is 16.7 Å². The lowest BCUT2D eigenvalue weighted by Gasteiger charge is -2.18. The third kappa shape index (κ3) is 6.32. The molecule has 166 valence electrons. The van der Waals surface area contributed by atoms with Gasteiger partial charge in [-0.2, -0.15) is 29.3 Å². The molecule has 0 aliphatic carbocycles. The van der Waals surface area contributed by atoms with Crippen molar-refractivity contribution in [2.24, 2.45) is 0 Å². The molecule has 0 saturated carbocycles. The van der Waals surface area contributed by atoms with Crippen molar-refractivity contribution < 1.29 is 45.9 Å². The van der Waals surface area contributed by atoms with Crippen molar-refractivity contribution in [2.75, 3.05) is 0 Å². The predicted molar refractivity (Wildman–Crippen MR) is 108 cm³/mol. The van der Waals surface area contributed by atoms with Gasteiger partial charge in [0.25, 0.3) is 0 Å². The molecule has 3 N–H and O–H groups in total. The SMILES string of the molecule is O=P(O)(Oc1ccc(CSCc2ccc(C(F)(F)P(=O)(O)O)cc2)cc1Br)C(F)F. The van der Waals surface area contributed by atoms with Gasteiger partial charge in [0.05, 0.1) is 4.47 Å². The first-order valence-electron chi connectivity index (χ1n) is 7.93. The van der Waals surface area contributed by atoms with Crippen LogP contribution in [0.3, 0.4) is 0 Å². The predicted octanol–water partition coefficient (Wildman–Crippen LogP) is 5.90. The molecule has 2 aromatic rings. The van der Waals surface area contributed by atoms with Gasteiger partial charge in [0.2, 0.25) is 0 Å². The molecule has 0 aliphatic rings. The molecule has 6 nitrogen and oxygen atoms in total. The van der Waals surface area contributed by atoms with Gasteiger partial charge >= 0.3 is 27.0 Å². The maximum absolute atomic E-state index is 13.6. The average Bonchev–Trinajstić information content (AvgIpc) is 2.63. The maximum Gasteiger partial charge on any atom is 0.442 e. The Hall–Kier alpha value is -0.870. The van der Waals surface area contributed by atoms with Crippen LogP contribution >= 0.6 is 42.9 Å². The largest absolute Gasteiger partial charge is 0.442 e. The number of thioether (sulfide) groups is 1. The van der Waals surface area contributed by atoms with Crippen LogP contribution in [0.4, 0.5) is 17.6 Å². The van der Waals surface area contributed by atoms with Crippen LogP contribution in [-0.2, 0) is 26.3 Å². The van der Waals surface area contributed by atoms with Gasteiger partial charge in [0.1, 0.15) is 5.75 Å². The Labute approximate surface area is 181 Å². The van der Waals surface area contributed by atoms with E-state index in [-0.39, 0.29) is 10.2 Å². The van der Waals surface area contributed by atoms with E-state index in [1.165, 1.54) is 42.1 Å². The molecule has 30 heavy (non-hydrogen) atoms. The third-order valence-corrected chi connectivity index (χ3v) is 7.31. The lowest BCUT2D eigenvalue weighted by Crippen LogP contribution is -2.13. The van der Waals surface area contributed by atoms with Crippen LogP contribution in [0.25, 0.3) is 0 Å². The Bertz CT molecular complexity index is 986. The molecule has 2 rings (SSSR count). The molecule has 0 radical (unpaired) electrons. The molecule has 2 aromatic carbocycles. The summed E-state index contributed by atoms with van der Waals surface area (Å²) >= 11 is 4.47. The number of halogens is 5. The molecular formula is C16H15BrF4O6P2S. The zero-order valence-electron chi connectivity index (χ0n) is 14.8. The van der Waals surface area contributed by atoms with E-state index in [9.17, 15) is 26.7 Å². The molecule has 0 bridgehead atoms. The van der Waals surface area contributed by atoms with Crippen molar-refractivity contribution in [3.63, 3.8) is 0 Å². The summed E-state index contributed by atoms with van der Waals surface area (Å²) in [7, 11) is -10.7. The van der Waals surface area contributed by atoms with E-state index in [4.69, 9.17) is 14.7 Å². The van der Waals surface area contributed by atoms with Gasteiger partial charge in [-0.25, -0.2) is 4.57 Å². The Balaban J connectivity index is 1.97. The molecule has 0 amide bonds. The lowest BCUT2D eigenvalue weighted by atomic mass is 10.1. The molecule has 14 heteroatoms. The van der Waals surface area contributed by atoms with E-state index < -0.39 is 32.6 Å². The minimum atomic E-state index is -5.62. The summed E-state index contributed by atoms with van der Waals surface area (Å²) in [6.45, 7) is 0. The van der Waals surface area contributed by atoms with Crippen molar-refractivity contribution in [1.82, 2.24) is 0 Å². The molecule has 0 aromatic heterocycles. The fourth-order valence-corrected chi connectivity index (χ4v) is 4.73. The average molecular weight is 553 g/mol. The van der Waals surface area contributed by atoms with E-state index >= 15 is 0 Å². The van der Waals surface area contributed by atoms with Crippen LogP contribution in [0.5, 0.6) is 5.75 Å². The summed E-state index contributed by atoms with van der Waals surface area (Å²) in [6, 6.07) is 8.88. The van der Waals surface area contributed by atoms with Crippen molar-refractivity contribution in [1.29, 1.82) is 0 Å². The van der Waals surface area contributed by atoms with E-state index in [0.717, 1.165) is 17.7 Å². The number of hydrogen-bond acceptors (Lipinski definition) is 4. The topological polar surface area (TPSA) is 104 Å². The Morgan fingerprint density at radius 1 is 1.00 bits per heavy atom. The van der Waals surface area contributed by atoms with E-state index in [1.807, 2.05) is 0 Å². The van der Waals surface area contributed by atoms with Crippen molar-refractivity contribution in [2.45, 2.75) is 23.3 Å². The smallest absolute Gasteiger partial charge is 0.420 e. The molecule has 1 unspecified atom stereocenters. The molecule has 0 fully saturated rings. The summed E-state index contributed by atoms with van der Waals surface area (Å²) in [6.07, 6.45) is -3.53. The summed E-state index contributed by atoms with van der Waals surface area (Å²) in [5.74, 6) is 0.621. The van der Waals surface area contributed by atoms with E-state index in [1.54, 1.807) is 0 Å². The van der Waals surface area contributed by atoms with Crippen LogP contribution in [0.15, 0.2) is 46.9 Å². The fourth-order valence-electron chi connectivity index (χ4n) is 2.15. The molecule has 1 atom stereocenters. The lowest BCUT2D eigenvalue weighted by molar-refractivity contribution is 0.0564. The second-order valence-electron chi connectivity index (χ2n) is 5.97. The standard InChI is InChI=1S/C16H15BrF4O6P2S/c17-13-7-11(3-6-14(13)27-28(22,23)15(18)19)9-30-8-10-1-4-12(5-2-10)16(20,21)29(24,25)26/h1-7,15H,8-9H2,(H,22,23)(H2,24,25,26). The van der Waals surface area contributed by atoms with Crippen LogP contribution in [0.2, 0.25) is 0 Å². The normalized spacial score (nSPS) is 14.6. The van der Waals surface area contributed by atoms with Gasteiger partial charge in [0.15, 0.2) is 0 Å². The highest BCUT2D eigenvalue weighted by molar-refractivity contribution is 9.10. The first-order valence-corrected chi connectivity index (χ1v) is 13.1. The summed E-state index contributed by atoms with van der Waals surface area (Å²) in [4.78, 5) is 26.6. The van der Waals surface area contributed by atoms with Gasteiger partial charge in [-0.3, -0.25) is 4.57 Å². The number of hydrogen-bond donors (Lipinski definition) is 3. The molecular weight excluding hydrogens is 538 g/mol. The van der Waals surface area contributed by atoms with Gasteiger partial charge in [0, 0.05) is 17.1 Å². The first kappa shape index (κ1) is 25.4. The number of alkyl halides is 4. The highest BCUT2D eigenvalue weighted by atomic mass is 79.9. The molecule has 0 saturated heterocycles. The van der Waals surface area contributed by atoms with Crippen molar-refractivity contribution >= 4 is 42.9 Å². The Morgan fingerprint density at radius 3 is 2.03 bits per heavy atom. The summed E-state index contributed by atoms with van der Waals surface area (Å²) in [5.41, 5.74) is -3.68.